The molecule has 0 spiro atoms. The maximum Gasteiger partial charge on any atom is 0.248 e. The molecular formula is C22H22N4O4S2. The Morgan fingerprint density at radius 2 is 1.06 bits per heavy atom. The molecular weight excluding hydrogens is 448 g/mol. The molecule has 0 saturated carbocycles. The van der Waals surface area contributed by atoms with Gasteiger partial charge in [0.05, 0.1) is 23.9 Å². The van der Waals surface area contributed by atoms with Crippen molar-refractivity contribution in [1.82, 2.24) is 19.8 Å². The number of rotatable bonds is 4. The number of amides is 4. The molecule has 8 nitrogen and oxygen atoms in total. The second kappa shape index (κ2) is 7.05. The number of hydrogen-bond donors (Lipinski definition) is 0. The van der Waals surface area contributed by atoms with E-state index in [-0.39, 0.29) is 23.6 Å². The molecule has 10 heteroatoms. The van der Waals surface area contributed by atoms with E-state index in [4.69, 9.17) is 0 Å². The molecule has 4 fully saturated rings. The standard InChI is InChI=1S/C22H22N4O4S2/c1-3-23-19(27)13-15(11-7-5-9-31-11)26-18-14(20(28)24(4-2)22(18)30)16(12-8-6-10-32-12)25(26)17(13)21(23)29/h5-10,13-18H,3-4H2,1-2H3/t13-,14-,15+,16+,17+,18+/m0/s1. The summed E-state index contributed by atoms with van der Waals surface area (Å²) in [5, 5.41) is 7.73. The highest BCUT2D eigenvalue weighted by Gasteiger charge is 2.73. The van der Waals surface area contributed by atoms with E-state index < -0.39 is 36.0 Å². The summed E-state index contributed by atoms with van der Waals surface area (Å²) in [7, 11) is 0. The van der Waals surface area contributed by atoms with Crippen molar-refractivity contribution in [3.05, 3.63) is 44.8 Å². The molecule has 32 heavy (non-hydrogen) atoms. The number of thiophene rings is 2. The highest BCUT2D eigenvalue weighted by atomic mass is 32.1. The highest BCUT2D eigenvalue weighted by molar-refractivity contribution is 7.10. The van der Waals surface area contributed by atoms with Gasteiger partial charge in [0.2, 0.25) is 23.6 Å². The van der Waals surface area contributed by atoms with E-state index in [1.54, 1.807) is 13.8 Å². The van der Waals surface area contributed by atoms with Gasteiger partial charge in [-0.1, -0.05) is 12.1 Å². The summed E-state index contributed by atoms with van der Waals surface area (Å²) in [5.41, 5.74) is 0. The summed E-state index contributed by atoms with van der Waals surface area (Å²) in [6.45, 7) is 4.23. The fourth-order valence-electron chi connectivity index (χ4n) is 6.05. The van der Waals surface area contributed by atoms with Gasteiger partial charge in [-0.3, -0.25) is 29.0 Å². The number of hydrazine groups is 1. The highest BCUT2D eigenvalue weighted by Crippen LogP contribution is 2.59. The van der Waals surface area contributed by atoms with Gasteiger partial charge >= 0.3 is 0 Å². The van der Waals surface area contributed by atoms with Crippen LogP contribution >= 0.6 is 22.7 Å². The number of likely N-dealkylation sites (tertiary alicyclic amines) is 2. The number of likely N-dealkylation sites (N-methyl/N-ethyl adjacent to an activating group) is 2. The van der Waals surface area contributed by atoms with Crippen molar-refractivity contribution in [2.45, 2.75) is 38.0 Å². The topological polar surface area (TPSA) is 81.2 Å². The molecule has 0 aromatic carbocycles. The smallest absolute Gasteiger partial charge is 0.248 e. The van der Waals surface area contributed by atoms with Crippen LogP contribution in [-0.2, 0) is 19.2 Å². The first-order valence-electron chi connectivity index (χ1n) is 10.8. The lowest BCUT2D eigenvalue weighted by molar-refractivity contribution is -0.152. The summed E-state index contributed by atoms with van der Waals surface area (Å²) in [6.07, 6.45) is 0. The van der Waals surface area contributed by atoms with Crippen molar-refractivity contribution in [1.29, 1.82) is 0 Å². The zero-order chi connectivity index (χ0) is 22.3. The van der Waals surface area contributed by atoms with E-state index in [9.17, 15) is 19.2 Å². The summed E-state index contributed by atoms with van der Waals surface area (Å²) in [5.74, 6) is -2.05. The molecule has 6 atom stereocenters. The average molecular weight is 471 g/mol. The van der Waals surface area contributed by atoms with Crippen molar-refractivity contribution in [2.75, 3.05) is 13.1 Å². The molecule has 2 aromatic rings. The third-order valence-corrected chi connectivity index (χ3v) is 9.10. The molecule has 4 aliphatic rings. The number of carbonyl (C=O) groups is 4. The van der Waals surface area contributed by atoms with Gasteiger partial charge in [0, 0.05) is 22.8 Å². The monoisotopic (exact) mass is 470 g/mol. The zero-order valence-corrected chi connectivity index (χ0v) is 19.2. The van der Waals surface area contributed by atoms with Crippen LogP contribution in [0.2, 0.25) is 0 Å². The van der Waals surface area contributed by atoms with Gasteiger partial charge in [0.25, 0.3) is 0 Å². The molecule has 6 rings (SSSR count). The van der Waals surface area contributed by atoms with Crippen LogP contribution in [-0.4, -0.2) is 68.6 Å². The Morgan fingerprint density at radius 1 is 0.656 bits per heavy atom. The van der Waals surface area contributed by atoms with Gasteiger partial charge in [0.15, 0.2) is 0 Å². The van der Waals surface area contributed by atoms with Crippen molar-refractivity contribution >= 4 is 46.3 Å². The Labute approximate surface area is 193 Å². The normalized spacial score (nSPS) is 34.7. The molecule has 4 saturated heterocycles. The van der Waals surface area contributed by atoms with E-state index in [0.29, 0.717) is 13.1 Å². The van der Waals surface area contributed by atoms with Crippen LogP contribution in [0.4, 0.5) is 0 Å². The number of fused-ring (bicyclic) bond motifs is 5. The number of imide groups is 2. The fraction of sp³-hybridized carbons (Fsp3) is 0.455. The molecule has 0 bridgehead atoms. The van der Waals surface area contributed by atoms with Crippen molar-refractivity contribution < 1.29 is 19.2 Å². The SMILES string of the molecule is CCN1C(=O)[C@H]2[C@@H](c3cccs3)N3[C@H]4C(=O)N(CC)C(=O)[C@H]4[C@@H](c4cccs4)N3[C@H]2C1=O. The predicted octanol–water partition coefficient (Wildman–Crippen LogP) is 1.89. The predicted molar refractivity (Wildman–Crippen MR) is 117 cm³/mol. The van der Waals surface area contributed by atoms with Crippen LogP contribution in [0.1, 0.15) is 35.7 Å². The number of hydrogen-bond acceptors (Lipinski definition) is 8. The first kappa shape index (κ1) is 20.2. The molecule has 2 aromatic heterocycles. The Balaban J connectivity index is 1.57. The molecule has 0 radical (unpaired) electrons. The molecule has 6 heterocycles. The Bertz CT molecular complexity index is 1030. The quantitative estimate of drug-likeness (QED) is 0.635. The van der Waals surface area contributed by atoms with Crippen LogP contribution < -0.4 is 0 Å². The molecule has 166 valence electrons. The lowest BCUT2D eigenvalue weighted by Crippen LogP contribution is -2.49. The van der Waals surface area contributed by atoms with Gasteiger partial charge in [0.1, 0.15) is 12.1 Å². The summed E-state index contributed by atoms with van der Waals surface area (Å²) < 4.78 is 0. The maximum atomic E-state index is 13.5. The average Bonchev–Trinajstić information content (AvgIpc) is 3.58. The van der Waals surface area contributed by atoms with Crippen molar-refractivity contribution in [3.63, 3.8) is 0 Å². The lowest BCUT2D eigenvalue weighted by Gasteiger charge is -2.34. The van der Waals surface area contributed by atoms with Gasteiger partial charge < -0.3 is 0 Å². The van der Waals surface area contributed by atoms with E-state index in [0.717, 1.165) is 9.75 Å². The van der Waals surface area contributed by atoms with Crippen LogP contribution in [0.25, 0.3) is 0 Å². The number of carbonyl (C=O) groups excluding carboxylic acids is 4. The molecule has 0 aliphatic carbocycles. The Hall–Kier alpha value is -2.40. The third-order valence-electron chi connectivity index (χ3n) is 7.21. The summed E-state index contributed by atoms with van der Waals surface area (Å²) in [6, 6.07) is 5.44. The second-order valence-electron chi connectivity index (χ2n) is 8.46. The van der Waals surface area contributed by atoms with Crippen LogP contribution in [0, 0.1) is 11.8 Å². The van der Waals surface area contributed by atoms with Crippen molar-refractivity contribution in [3.8, 4) is 0 Å². The Kier molecular flexibility index (Phi) is 4.45. The minimum atomic E-state index is -0.706. The van der Waals surface area contributed by atoms with E-state index in [2.05, 4.69) is 0 Å². The second-order valence-corrected chi connectivity index (χ2v) is 10.4. The number of nitrogens with zero attached hydrogens (tertiary/aromatic N) is 4. The minimum absolute atomic E-state index is 0.194. The molecule has 4 aliphatic heterocycles. The van der Waals surface area contributed by atoms with Gasteiger partial charge in [-0.25, -0.2) is 10.0 Å². The zero-order valence-electron chi connectivity index (χ0n) is 17.6. The maximum absolute atomic E-state index is 13.5. The Morgan fingerprint density at radius 3 is 1.38 bits per heavy atom. The molecule has 0 N–H and O–H groups in total. The lowest BCUT2D eigenvalue weighted by atomic mass is 9.88. The van der Waals surface area contributed by atoms with Gasteiger partial charge in [-0.15, -0.1) is 22.7 Å². The summed E-state index contributed by atoms with van der Waals surface area (Å²) >= 11 is 3.03. The largest absolute Gasteiger partial charge is 0.281 e. The van der Waals surface area contributed by atoms with Crippen LogP contribution in [0.3, 0.4) is 0 Å². The summed E-state index contributed by atoms with van der Waals surface area (Å²) in [4.78, 5) is 58.3. The van der Waals surface area contributed by atoms with E-state index in [1.165, 1.54) is 32.5 Å². The molecule has 0 unspecified atom stereocenters. The van der Waals surface area contributed by atoms with E-state index in [1.807, 2.05) is 45.0 Å². The van der Waals surface area contributed by atoms with Gasteiger partial charge in [-0.05, 0) is 36.7 Å². The van der Waals surface area contributed by atoms with Crippen LogP contribution in [0.5, 0.6) is 0 Å². The third kappa shape index (κ3) is 2.33. The molecule has 4 amide bonds. The van der Waals surface area contributed by atoms with Crippen LogP contribution in [0.15, 0.2) is 35.0 Å². The first-order chi connectivity index (χ1) is 15.5. The fourth-order valence-corrected chi connectivity index (χ4v) is 7.78. The van der Waals surface area contributed by atoms with E-state index >= 15 is 0 Å². The first-order valence-corrected chi connectivity index (χ1v) is 12.6. The van der Waals surface area contributed by atoms with Crippen molar-refractivity contribution in [2.24, 2.45) is 11.8 Å². The van der Waals surface area contributed by atoms with Gasteiger partial charge in [-0.2, -0.15) is 0 Å². The minimum Gasteiger partial charge on any atom is -0.281 e.